The number of carbonyl (C=O) groups excluding carboxylic acids is 1. The van der Waals surface area contributed by atoms with E-state index in [0.29, 0.717) is 12.8 Å². The lowest BCUT2D eigenvalue weighted by Crippen LogP contribution is -2.74. The highest BCUT2D eigenvalue weighted by atomic mass is 16.7. The molecular weight excluding hydrogens is 328 g/mol. The molecule has 3 saturated carbocycles. The molecule has 2 bridgehead atoms. The summed E-state index contributed by atoms with van der Waals surface area (Å²) in [6.45, 7) is 9.03. The fourth-order valence-electron chi connectivity index (χ4n) is 4.44. The summed E-state index contributed by atoms with van der Waals surface area (Å²) in [7, 11) is 1.49. The molecule has 3 aliphatic rings. The second kappa shape index (κ2) is 7.12. The third-order valence-electron chi connectivity index (χ3n) is 5.33. The first-order chi connectivity index (χ1) is 11.4. The van der Waals surface area contributed by atoms with Crippen LogP contribution in [0.2, 0.25) is 0 Å². The van der Waals surface area contributed by atoms with Gasteiger partial charge in [-0.25, -0.2) is 0 Å². The largest absolute Gasteiger partial charge is 0.459 e. The second-order valence-corrected chi connectivity index (χ2v) is 8.57. The highest BCUT2D eigenvalue weighted by Gasteiger charge is 2.68. The van der Waals surface area contributed by atoms with Crippen molar-refractivity contribution in [2.45, 2.75) is 77.0 Å². The van der Waals surface area contributed by atoms with Crippen LogP contribution in [0, 0.1) is 11.3 Å². The Labute approximate surface area is 149 Å². The van der Waals surface area contributed by atoms with Crippen LogP contribution in [-0.4, -0.2) is 66.2 Å². The van der Waals surface area contributed by atoms with E-state index in [1.165, 1.54) is 14.0 Å². The number of hydrogen-bond donors (Lipinski definition) is 2. The molecule has 2 N–H and O–H groups in total. The molecule has 0 aliphatic heterocycles. The van der Waals surface area contributed by atoms with Gasteiger partial charge in [-0.2, -0.15) is 0 Å². The fraction of sp³-hybridized carbons (Fsp3) is 0.944. The van der Waals surface area contributed by atoms with E-state index in [4.69, 9.17) is 18.9 Å². The summed E-state index contributed by atoms with van der Waals surface area (Å²) in [5, 5.41) is 22.0. The molecule has 3 fully saturated rings. The van der Waals surface area contributed by atoms with Gasteiger partial charge in [0.15, 0.2) is 0 Å². The third kappa shape index (κ3) is 4.01. The lowest BCUT2D eigenvalue weighted by molar-refractivity contribution is -0.316. The van der Waals surface area contributed by atoms with Gasteiger partial charge in [-0.05, 0) is 33.6 Å². The van der Waals surface area contributed by atoms with Gasteiger partial charge in [0.1, 0.15) is 18.5 Å². The van der Waals surface area contributed by atoms with Crippen molar-refractivity contribution >= 4 is 5.97 Å². The van der Waals surface area contributed by atoms with Crippen LogP contribution in [0.25, 0.3) is 0 Å². The van der Waals surface area contributed by atoms with Gasteiger partial charge >= 0.3 is 5.97 Å². The molecule has 0 unspecified atom stereocenters. The van der Waals surface area contributed by atoms with Crippen LogP contribution in [0.15, 0.2) is 0 Å². The summed E-state index contributed by atoms with van der Waals surface area (Å²) in [6, 6.07) is 0. The SMILES string of the molecule is COCOC[C@]1(O)[C@@H]2C[C@H](OC(C)(C)C)[C@@](C)(C[C@@H]2O)[C@H]1OC(C)=O. The molecule has 0 spiro atoms. The highest BCUT2D eigenvalue weighted by Crippen LogP contribution is 2.57. The number of rotatable bonds is 6. The summed E-state index contributed by atoms with van der Waals surface area (Å²) in [5.74, 6) is -0.990. The van der Waals surface area contributed by atoms with Gasteiger partial charge in [0.2, 0.25) is 0 Å². The molecule has 25 heavy (non-hydrogen) atoms. The van der Waals surface area contributed by atoms with Gasteiger partial charge in [-0.15, -0.1) is 0 Å². The zero-order chi connectivity index (χ0) is 19.0. The third-order valence-corrected chi connectivity index (χ3v) is 5.33. The van der Waals surface area contributed by atoms with E-state index in [1.807, 2.05) is 27.7 Å². The fourth-order valence-corrected chi connectivity index (χ4v) is 4.44. The van der Waals surface area contributed by atoms with Gasteiger partial charge in [-0.3, -0.25) is 4.79 Å². The van der Waals surface area contributed by atoms with E-state index in [-0.39, 0.29) is 25.1 Å². The van der Waals surface area contributed by atoms with Crippen molar-refractivity contribution in [1.29, 1.82) is 0 Å². The molecule has 0 saturated heterocycles. The van der Waals surface area contributed by atoms with Gasteiger partial charge in [0.25, 0.3) is 0 Å². The standard InChI is InChI=1S/C18H32O7/c1-11(19)24-15-17(5)8-13(20)12(7-14(17)25-16(2,3)4)18(15,21)9-23-10-22-6/h12-15,20-21H,7-10H2,1-6H3/t12-,13+,14+,15-,17-,18+/m1/s1. The summed E-state index contributed by atoms with van der Waals surface area (Å²) in [4.78, 5) is 11.7. The molecule has 0 heterocycles. The molecule has 146 valence electrons. The van der Waals surface area contributed by atoms with Gasteiger partial charge in [0.05, 0.1) is 24.4 Å². The Morgan fingerprint density at radius 2 is 1.96 bits per heavy atom. The number of hydrogen-bond acceptors (Lipinski definition) is 7. The maximum Gasteiger partial charge on any atom is 0.303 e. The van der Waals surface area contributed by atoms with Crippen LogP contribution in [0.1, 0.15) is 47.5 Å². The zero-order valence-corrected chi connectivity index (χ0v) is 16.1. The molecule has 3 rings (SSSR count). The number of aliphatic hydroxyl groups excluding tert-OH is 1. The minimum absolute atomic E-state index is 0.0105. The number of esters is 1. The van der Waals surface area contributed by atoms with Crippen molar-refractivity contribution in [3.63, 3.8) is 0 Å². The molecule has 7 nitrogen and oxygen atoms in total. The molecule has 0 aromatic carbocycles. The first-order valence-corrected chi connectivity index (χ1v) is 8.76. The highest BCUT2D eigenvalue weighted by molar-refractivity contribution is 5.66. The maximum absolute atomic E-state index is 11.7. The van der Waals surface area contributed by atoms with E-state index in [1.54, 1.807) is 0 Å². The molecular formula is C18H32O7. The average molecular weight is 360 g/mol. The van der Waals surface area contributed by atoms with Gasteiger partial charge < -0.3 is 29.2 Å². The quantitative estimate of drug-likeness (QED) is 0.418. The van der Waals surface area contributed by atoms with E-state index < -0.39 is 35.1 Å². The molecule has 0 amide bonds. The molecule has 0 radical (unpaired) electrons. The Hall–Kier alpha value is -0.730. The van der Waals surface area contributed by atoms with Crippen LogP contribution in [0.4, 0.5) is 0 Å². The topological polar surface area (TPSA) is 94.5 Å². The van der Waals surface area contributed by atoms with Crippen molar-refractivity contribution < 1.29 is 34.0 Å². The summed E-state index contributed by atoms with van der Waals surface area (Å²) in [6.07, 6.45) is -0.924. The minimum atomic E-state index is -1.49. The summed E-state index contributed by atoms with van der Waals surface area (Å²) >= 11 is 0. The maximum atomic E-state index is 11.7. The first kappa shape index (κ1) is 20.6. The lowest BCUT2D eigenvalue weighted by Gasteiger charge is -2.63. The predicted octanol–water partition coefficient (Wildman–Crippen LogP) is 1.24. The monoisotopic (exact) mass is 360 g/mol. The van der Waals surface area contributed by atoms with E-state index in [0.717, 1.165) is 0 Å². The number of methoxy groups -OCH3 is 1. The van der Waals surface area contributed by atoms with Crippen LogP contribution in [0.5, 0.6) is 0 Å². The summed E-state index contributed by atoms with van der Waals surface area (Å²) in [5.41, 5.74) is -2.60. The molecule has 7 heteroatoms. The Morgan fingerprint density at radius 3 is 2.48 bits per heavy atom. The normalized spacial score (nSPS) is 41.0. The minimum Gasteiger partial charge on any atom is -0.459 e. The van der Waals surface area contributed by atoms with Crippen molar-refractivity contribution in [3.8, 4) is 0 Å². The Kier molecular flexibility index (Phi) is 5.86. The van der Waals surface area contributed by atoms with Gasteiger partial charge in [-0.1, -0.05) is 6.92 Å². The van der Waals surface area contributed by atoms with E-state index in [2.05, 4.69) is 0 Å². The molecule has 6 atom stereocenters. The van der Waals surface area contributed by atoms with Crippen molar-refractivity contribution in [2.75, 3.05) is 20.5 Å². The first-order valence-electron chi connectivity index (χ1n) is 8.76. The number of ether oxygens (including phenoxy) is 4. The number of fused-ring (bicyclic) bond motifs is 3. The van der Waals surface area contributed by atoms with Crippen LogP contribution in [-0.2, 0) is 23.7 Å². The van der Waals surface area contributed by atoms with Crippen molar-refractivity contribution in [2.24, 2.45) is 11.3 Å². The second-order valence-electron chi connectivity index (χ2n) is 8.57. The number of carbonyl (C=O) groups is 1. The van der Waals surface area contributed by atoms with Crippen LogP contribution < -0.4 is 0 Å². The molecule has 0 aromatic heterocycles. The average Bonchev–Trinajstić information content (AvgIpc) is 2.44. The molecule has 3 aliphatic carbocycles. The van der Waals surface area contributed by atoms with Crippen molar-refractivity contribution in [1.82, 2.24) is 0 Å². The van der Waals surface area contributed by atoms with E-state index >= 15 is 0 Å². The van der Waals surface area contributed by atoms with Gasteiger partial charge in [0, 0.05) is 25.4 Å². The van der Waals surface area contributed by atoms with Crippen LogP contribution >= 0.6 is 0 Å². The van der Waals surface area contributed by atoms with Crippen LogP contribution in [0.3, 0.4) is 0 Å². The van der Waals surface area contributed by atoms with Crippen molar-refractivity contribution in [3.05, 3.63) is 0 Å². The zero-order valence-electron chi connectivity index (χ0n) is 16.1. The smallest absolute Gasteiger partial charge is 0.303 e. The Bertz CT molecular complexity index is 488. The lowest BCUT2D eigenvalue weighted by atomic mass is 9.50. The predicted molar refractivity (Wildman–Crippen MR) is 89.8 cm³/mol. The van der Waals surface area contributed by atoms with E-state index in [9.17, 15) is 15.0 Å². The summed E-state index contributed by atoms with van der Waals surface area (Å²) < 4.78 is 22.1. The molecule has 0 aromatic rings. The number of aliphatic hydroxyl groups is 2. The Morgan fingerprint density at radius 1 is 1.32 bits per heavy atom. The Balaban J connectivity index is 2.37.